The molecule has 0 fully saturated rings. The third-order valence-corrected chi connectivity index (χ3v) is 2.20. The van der Waals surface area contributed by atoms with Crippen molar-refractivity contribution < 1.29 is 40.6 Å². The van der Waals surface area contributed by atoms with Crippen LogP contribution in [0.25, 0.3) is 0 Å². The van der Waals surface area contributed by atoms with Gasteiger partial charge in [-0.05, 0) is 6.92 Å². The number of nitrogens with zero attached hydrogens (tertiary/aromatic N) is 2. The van der Waals surface area contributed by atoms with Gasteiger partial charge in [0, 0.05) is 6.61 Å². The molecule has 1 rings (SSSR count). The lowest BCUT2D eigenvalue weighted by Gasteiger charge is -2.05. The Morgan fingerprint density at radius 3 is 2.53 bits per heavy atom. The normalized spacial score (nSPS) is 10.0. The van der Waals surface area contributed by atoms with Crippen LogP contribution < -0.4 is 21.5 Å². The topological polar surface area (TPSA) is 53.6 Å². The zero-order chi connectivity index (χ0) is 13.2. The van der Waals surface area contributed by atoms with Crippen molar-refractivity contribution in [2.75, 3.05) is 33.0 Å². The van der Waals surface area contributed by atoms with Crippen molar-refractivity contribution in [3.05, 3.63) is 18.7 Å². The minimum absolute atomic E-state index is 0. The second-order valence-electron chi connectivity index (χ2n) is 3.78. The van der Waals surface area contributed by atoms with Gasteiger partial charge in [-0.1, -0.05) is 0 Å². The van der Waals surface area contributed by atoms with E-state index in [0.717, 1.165) is 0 Å². The number of imidazole rings is 1. The van der Waals surface area contributed by atoms with Crippen molar-refractivity contribution >= 4 is 5.97 Å². The molecule has 1 aromatic rings. The van der Waals surface area contributed by atoms with Crippen molar-refractivity contribution in [1.82, 2.24) is 4.57 Å². The molecule has 7 heteroatoms. The van der Waals surface area contributed by atoms with Crippen LogP contribution in [0.3, 0.4) is 0 Å². The first-order chi connectivity index (χ1) is 8.72. The fourth-order valence-corrected chi connectivity index (χ4v) is 1.37. The van der Waals surface area contributed by atoms with Gasteiger partial charge in [-0.3, -0.25) is 0 Å². The lowest BCUT2D eigenvalue weighted by atomic mass is 10.6. The highest BCUT2D eigenvalue weighted by atomic mass is 79.9. The lowest BCUT2D eigenvalue weighted by Crippen LogP contribution is -3.00. The Morgan fingerprint density at radius 2 is 1.89 bits per heavy atom. The molecule has 0 atom stereocenters. The highest BCUT2D eigenvalue weighted by molar-refractivity contribution is 5.67. The summed E-state index contributed by atoms with van der Waals surface area (Å²) in [6.45, 7) is 4.62. The molecule has 0 saturated carbocycles. The van der Waals surface area contributed by atoms with Crippen molar-refractivity contribution in [2.24, 2.45) is 7.05 Å². The second kappa shape index (κ2) is 11.0. The van der Waals surface area contributed by atoms with Gasteiger partial charge in [-0.25, -0.2) is 13.9 Å². The average Bonchev–Trinajstić information content (AvgIpc) is 2.73. The number of carbonyl (C=O) groups is 1. The SMILES string of the molecule is CCOCCOCCOC(=O)C[n+]1ccn(C)c1.[Br-]. The number of rotatable bonds is 9. The summed E-state index contributed by atoms with van der Waals surface area (Å²) < 4.78 is 19.0. The van der Waals surface area contributed by atoms with Crippen molar-refractivity contribution in [2.45, 2.75) is 13.5 Å². The predicted molar refractivity (Wildman–Crippen MR) is 63.9 cm³/mol. The van der Waals surface area contributed by atoms with Crippen molar-refractivity contribution in [3.63, 3.8) is 0 Å². The fourth-order valence-electron chi connectivity index (χ4n) is 1.37. The van der Waals surface area contributed by atoms with E-state index in [1.165, 1.54) is 0 Å². The zero-order valence-electron chi connectivity index (χ0n) is 11.4. The maximum atomic E-state index is 11.4. The van der Waals surface area contributed by atoms with Crippen LogP contribution in [0.4, 0.5) is 0 Å². The molecular formula is C12H21BrN2O4. The van der Waals surface area contributed by atoms with E-state index in [0.29, 0.717) is 26.4 Å². The third-order valence-electron chi connectivity index (χ3n) is 2.20. The molecule has 0 unspecified atom stereocenters. The van der Waals surface area contributed by atoms with Crippen LogP contribution in [-0.4, -0.2) is 43.6 Å². The maximum absolute atomic E-state index is 11.4. The number of carbonyl (C=O) groups excluding carboxylic acids is 1. The summed E-state index contributed by atoms with van der Waals surface area (Å²) in [6, 6.07) is 0. The van der Waals surface area contributed by atoms with E-state index in [1.54, 1.807) is 4.57 Å². The van der Waals surface area contributed by atoms with E-state index in [2.05, 4.69) is 0 Å². The number of ether oxygens (including phenoxy) is 3. The summed E-state index contributed by atoms with van der Waals surface area (Å²) in [4.78, 5) is 11.4. The van der Waals surface area contributed by atoms with Gasteiger partial charge < -0.3 is 31.2 Å². The molecule has 19 heavy (non-hydrogen) atoms. The molecule has 0 radical (unpaired) electrons. The van der Waals surface area contributed by atoms with E-state index >= 15 is 0 Å². The minimum atomic E-state index is -0.264. The Kier molecular flexibility index (Phi) is 10.4. The van der Waals surface area contributed by atoms with Crippen LogP contribution in [-0.2, 0) is 32.6 Å². The highest BCUT2D eigenvalue weighted by Gasteiger charge is 2.08. The predicted octanol–water partition coefficient (Wildman–Crippen LogP) is -3.09. The van der Waals surface area contributed by atoms with Crippen molar-refractivity contribution in [1.29, 1.82) is 0 Å². The third kappa shape index (κ3) is 8.74. The zero-order valence-corrected chi connectivity index (χ0v) is 13.0. The number of aryl methyl sites for hydroxylation is 1. The van der Waals surface area contributed by atoms with Gasteiger partial charge in [-0.15, -0.1) is 0 Å². The fraction of sp³-hybridized carbons (Fsp3) is 0.667. The Bertz CT molecular complexity index is 357. The van der Waals surface area contributed by atoms with Gasteiger partial charge in [0.2, 0.25) is 6.33 Å². The van der Waals surface area contributed by atoms with Gasteiger partial charge in [0.15, 0.2) is 6.54 Å². The van der Waals surface area contributed by atoms with Crippen LogP contribution in [0, 0.1) is 0 Å². The van der Waals surface area contributed by atoms with E-state index in [1.807, 2.05) is 37.3 Å². The van der Waals surface area contributed by atoms with E-state index in [4.69, 9.17) is 14.2 Å². The van der Waals surface area contributed by atoms with Gasteiger partial charge >= 0.3 is 5.97 Å². The van der Waals surface area contributed by atoms with Crippen LogP contribution in [0.5, 0.6) is 0 Å². The molecule has 0 aliphatic heterocycles. The standard InChI is InChI=1S/C12H21N2O4.BrH/c1-3-16-6-7-17-8-9-18-12(15)10-14-5-4-13(2)11-14;/h4-5,11H,3,6-10H2,1-2H3;1H/q+1;/p-1. The Balaban J connectivity index is 0.00000324. The number of hydrogen-bond donors (Lipinski definition) is 0. The molecule has 0 spiro atoms. The summed E-state index contributed by atoms with van der Waals surface area (Å²) in [5, 5.41) is 0. The lowest BCUT2D eigenvalue weighted by molar-refractivity contribution is -0.685. The first-order valence-electron chi connectivity index (χ1n) is 6.04. The number of halogens is 1. The summed E-state index contributed by atoms with van der Waals surface area (Å²) in [7, 11) is 1.90. The maximum Gasteiger partial charge on any atom is 0.348 e. The average molecular weight is 337 g/mol. The molecule has 0 saturated heterocycles. The Hall–Kier alpha value is -0.920. The van der Waals surface area contributed by atoms with Crippen molar-refractivity contribution in [3.8, 4) is 0 Å². The number of hydrogen-bond acceptors (Lipinski definition) is 4. The Morgan fingerprint density at radius 1 is 1.21 bits per heavy atom. The Labute approximate surface area is 124 Å². The molecule has 0 N–H and O–H groups in total. The van der Waals surface area contributed by atoms with Crippen LogP contribution >= 0.6 is 0 Å². The van der Waals surface area contributed by atoms with Gasteiger partial charge in [-0.2, -0.15) is 0 Å². The molecular weight excluding hydrogens is 316 g/mol. The van der Waals surface area contributed by atoms with E-state index < -0.39 is 0 Å². The highest BCUT2D eigenvalue weighted by Crippen LogP contribution is 1.84. The first-order valence-corrected chi connectivity index (χ1v) is 6.04. The van der Waals surface area contributed by atoms with Crippen LogP contribution in [0.15, 0.2) is 18.7 Å². The number of aromatic nitrogens is 2. The van der Waals surface area contributed by atoms with Gasteiger partial charge in [0.25, 0.3) is 0 Å². The molecule has 0 amide bonds. The summed E-state index contributed by atoms with van der Waals surface area (Å²) in [5.41, 5.74) is 0. The summed E-state index contributed by atoms with van der Waals surface area (Å²) in [6.07, 6.45) is 5.50. The molecule has 0 aromatic carbocycles. The molecule has 0 aliphatic rings. The monoisotopic (exact) mass is 336 g/mol. The minimum Gasteiger partial charge on any atom is -1.00 e. The first kappa shape index (κ1) is 18.1. The summed E-state index contributed by atoms with van der Waals surface area (Å²) >= 11 is 0. The molecule has 1 heterocycles. The van der Waals surface area contributed by atoms with Crippen LogP contribution in [0.2, 0.25) is 0 Å². The van der Waals surface area contributed by atoms with Gasteiger partial charge in [0.05, 0.1) is 26.9 Å². The largest absolute Gasteiger partial charge is 1.00 e. The van der Waals surface area contributed by atoms with E-state index in [-0.39, 0.29) is 36.1 Å². The quantitative estimate of drug-likeness (QED) is 0.272. The van der Waals surface area contributed by atoms with E-state index in [9.17, 15) is 4.79 Å². The molecule has 0 bridgehead atoms. The molecule has 6 nitrogen and oxygen atoms in total. The van der Waals surface area contributed by atoms with Gasteiger partial charge in [0.1, 0.15) is 19.0 Å². The molecule has 0 aliphatic carbocycles. The molecule has 110 valence electrons. The second-order valence-corrected chi connectivity index (χ2v) is 3.78. The molecule has 1 aromatic heterocycles. The smallest absolute Gasteiger partial charge is 0.348 e. The number of esters is 1. The summed E-state index contributed by atoms with van der Waals surface area (Å²) in [5.74, 6) is -0.264. The van der Waals surface area contributed by atoms with Crippen LogP contribution in [0.1, 0.15) is 6.92 Å².